The molecule has 1 aromatic carbocycles. The van der Waals surface area contributed by atoms with E-state index in [1.165, 1.54) is 0 Å². The normalized spacial score (nSPS) is 12.3. The maximum Gasteiger partial charge on any atom is 0.255 e. The second-order valence-corrected chi connectivity index (χ2v) is 5.01. The van der Waals surface area contributed by atoms with Gasteiger partial charge in [-0.3, -0.25) is 9.59 Å². The molecule has 2 rings (SSSR count). The van der Waals surface area contributed by atoms with Gasteiger partial charge >= 0.3 is 0 Å². The van der Waals surface area contributed by atoms with Gasteiger partial charge in [-0.1, -0.05) is 18.2 Å². The minimum absolute atomic E-state index is 0.0191. The quantitative estimate of drug-likeness (QED) is 0.881. The molecule has 106 valence electrons. The number of likely N-dealkylation sites (N-methyl/N-ethyl adjacent to an activating group) is 1. The molecule has 0 fully saturated rings. The molecular formula is C15H19N3O2. The molecule has 20 heavy (non-hydrogen) atoms. The van der Waals surface area contributed by atoms with Crippen LogP contribution < -0.4 is 10.9 Å². The molecule has 1 heterocycles. The van der Waals surface area contributed by atoms with E-state index in [1.807, 2.05) is 25.1 Å². The molecule has 0 saturated carbocycles. The van der Waals surface area contributed by atoms with Crippen LogP contribution in [-0.2, 0) is 4.79 Å². The van der Waals surface area contributed by atoms with Gasteiger partial charge in [0, 0.05) is 31.7 Å². The van der Waals surface area contributed by atoms with E-state index in [0.717, 1.165) is 10.9 Å². The molecule has 5 heteroatoms. The summed E-state index contributed by atoms with van der Waals surface area (Å²) in [6.07, 6.45) is 1.71. The van der Waals surface area contributed by atoms with Crippen molar-refractivity contribution in [3.8, 4) is 0 Å². The third kappa shape index (κ3) is 2.88. The van der Waals surface area contributed by atoms with Crippen LogP contribution in [0.2, 0.25) is 0 Å². The monoisotopic (exact) mass is 273 g/mol. The van der Waals surface area contributed by atoms with Crippen molar-refractivity contribution < 1.29 is 4.79 Å². The number of carbonyl (C=O) groups is 1. The molecule has 0 bridgehead atoms. The van der Waals surface area contributed by atoms with Crippen molar-refractivity contribution in [1.29, 1.82) is 0 Å². The van der Waals surface area contributed by atoms with Crippen LogP contribution >= 0.6 is 0 Å². The minimum Gasteiger partial charge on any atom is -0.348 e. The Balaban J connectivity index is 2.27. The van der Waals surface area contributed by atoms with Crippen LogP contribution in [0, 0.1) is 0 Å². The summed E-state index contributed by atoms with van der Waals surface area (Å²) in [7, 11) is 3.45. The Labute approximate surface area is 117 Å². The van der Waals surface area contributed by atoms with Crippen molar-refractivity contribution in [2.75, 3.05) is 20.6 Å². The third-order valence-electron chi connectivity index (χ3n) is 3.37. The number of nitrogens with one attached hydrogen (secondary N) is 2. The Bertz CT molecular complexity index is 676. The van der Waals surface area contributed by atoms with E-state index in [-0.39, 0.29) is 24.1 Å². The number of hydrogen-bond acceptors (Lipinski definition) is 3. The summed E-state index contributed by atoms with van der Waals surface area (Å²) in [5.41, 5.74) is 0.882. The van der Waals surface area contributed by atoms with Gasteiger partial charge in [0.1, 0.15) is 0 Å². The lowest BCUT2D eigenvalue weighted by Crippen LogP contribution is -2.34. The molecule has 0 aliphatic rings. The second-order valence-electron chi connectivity index (χ2n) is 5.01. The SMILES string of the molecule is CC(NCC(=O)N(C)C)c1c[nH]c(=O)c2ccccc12. The van der Waals surface area contributed by atoms with Crippen molar-refractivity contribution in [3.63, 3.8) is 0 Å². The Morgan fingerprint density at radius 1 is 1.30 bits per heavy atom. The minimum atomic E-state index is -0.0964. The fraction of sp³-hybridized carbons (Fsp3) is 0.333. The first kappa shape index (κ1) is 14.3. The van der Waals surface area contributed by atoms with Gasteiger partial charge in [0.25, 0.3) is 5.56 Å². The average molecular weight is 273 g/mol. The maximum atomic E-state index is 11.8. The highest BCUT2D eigenvalue weighted by atomic mass is 16.2. The van der Waals surface area contributed by atoms with Crippen LogP contribution in [0.15, 0.2) is 35.3 Å². The number of carbonyl (C=O) groups excluding carboxylic acids is 1. The van der Waals surface area contributed by atoms with Gasteiger partial charge in [-0.15, -0.1) is 0 Å². The lowest BCUT2D eigenvalue weighted by atomic mass is 10.0. The van der Waals surface area contributed by atoms with E-state index in [4.69, 9.17) is 0 Å². The van der Waals surface area contributed by atoms with E-state index in [9.17, 15) is 9.59 Å². The molecule has 0 radical (unpaired) electrons. The number of H-pyrrole nitrogens is 1. The summed E-state index contributed by atoms with van der Waals surface area (Å²) >= 11 is 0. The van der Waals surface area contributed by atoms with Crippen LogP contribution in [0.3, 0.4) is 0 Å². The van der Waals surface area contributed by atoms with Crippen molar-refractivity contribution in [2.24, 2.45) is 0 Å². The molecule has 0 aliphatic carbocycles. The highest BCUT2D eigenvalue weighted by Crippen LogP contribution is 2.20. The smallest absolute Gasteiger partial charge is 0.255 e. The number of hydrogen-bond donors (Lipinski definition) is 2. The third-order valence-corrected chi connectivity index (χ3v) is 3.37. The van der Waals surface area contributed by atoms with E-state index in [2.05, 4.69) is 10.3 Å². The number of amides is 1. The number of nitrogens with zero attached hydrogens (tertiary/aromatic N) is 1. The number of pyridine rings is 1. The summed E-state index contributed by atoms with van der Waals surface area (Å²) in [4.78, 5) is 27.7. The molecule has 2 N–H and O–H groups in total. The predicted molar refractivity (Wildman–Crippen MR) is 79.7 cm³/mol. The fourth-order valence-electron chi connectivity index (χ4n) is 2.10. The molecule has 2 aromatic rings. The number of aromatic nitrogens is 1. The van der Waals surface area contributed by atoms with Crippen molar-refractivity contribution in [1.82, 2.24) is 15.2 Å². The average Bonchev–Trinajstić information content (AvgIpc) is 2.45. The van der Waals surface area contributed by atoms with E-state index in [0.29, 0.717) is 5.39 Å². The van der Waals surface area contributed by atoms with Crippen LogP contribution in [0.25, 0.3) is 10.8 Å². The van der Waals surface area contributed by atoms with Gasteiger partial charge in [-0.05, 0) is 23.9 Å². The summed E-state index contributed by atoms with van der Waals surface area (Å²) < 4.78 is 0. The zero-order chi connectivity index (χ0) is 14.7. The molecular weight excluding hydrogens is 254 g/mol. The van der Waals surface area contributed by atoms with E-state index >= 15 is 0 Å². The zero-order valence-electron chi connectivity index (χ0n) is 11.9. The second kappa shape index (κ2) is 5.88. The van der Waals surface area contributed by atoms with Gasteiger partial charge in [-0.2, -0.15) is 0 Å². The Morgan fingerprint density at radius 2 is 1.95 bits per heavy atom. The molecule has 0 aliphatic heterocycles. The summed E-state index contributed by atoms with van der Waals surface area (Å²) in [5.74, 6) is 0.0191. The summed E-state index contributed by atoms with van der Waals surface area (Å²) in [6.45, 7) is 2.24. The summed E-state index contributed by atoms with van der Waals surface area (Å²) in [6, 6.07) is 7.44. The highest BCUT2D eigenvalue weighted by Gasteiger charge is 2.12. The summed E-state index contributed by atoms with van der Waals surface area (Å²) in [5, 5.41) is 4.75. The number of rotatable bonds is 4. The van der Waals surface area contributed by atoms with Crippen LogP contribution in [0.5, 0.6) is 0 Å². The van der Waals surface area contributed by atoms with Gasteiger partial charge < -0.3 is 15.2 Å². The van der Waals surface area contributed by atoms with Crippen molar-refractivity contribution in [2.45, 2.75) is 13.0 Å². The largest absolute Gasteiger partial charge is 0.348 e. The Kier molecular flexibility index (Phi) is 4.20. The Hall–Kier alpha value is -2.14. The molecule has 5 nitrogen and oxygen atoms in total. The van der Waals surface area contributed by atoms with Crippen LogP contribution in [-0.4, -0.2) is 36.4 Å². The molecule has 1 atom stereocenters. The predicted octanol–water partition coefficient (Wildman–Crippen LogP) is 1.27. The standard InChI is InChI=1S/C15H19N3O2/c1-10(16-9-14(19)18(2)3)13-8-17-15(20)12-7-5-4-6-11(12)13/h4-8,10,16H,9H2,1-3H3,(H,17,20). The Morgan fingerprint density at radius 3 is 2.60 bits per heavy atom. The molecule has 1 aromatic heterocycles. The first-order valence-corrected chi connectivity index (χ1v) is 6.54. The van der Waals surface area contributed by atoms with Crippen molar-refractivity contribution in [3.05, 3.63) is 46.4 Å². The van der Waals surface area contributed by atoms with Gasteiger partial charge in [0.2, 0.25) is 5.91 Å². The molecule has 0 saturated heterocycles. The molecule has 1 unspecified atom stereocenters. The van der Waals surface area contributed by atoms with E-state index < -0.39 is 0 Å². The van der Waals surface area contributed by atoms with Crippen molar-refractivity contribution >= 4 is 16.7 Å². The lowest BCUT2D eigenvalue weighted by molar-refractivity contribution is -0.127. The van der Waals surface area contributed by atoms with Crippen LogP contribution in [0.4, 0.5) is 0 Å². The number of benzene rings is 1. The zero-order valence-corrected chi connectivity index (χ0v) is 11.9. The highest BCUT2D eigenvalue weighted by molar-refractivity contribution is 5.85. The fourth-order valence-corrected chi connectivity index (χ4v) is 2.10. The lowest BCUT2D eigenvalue weighted by Gasteiger charge is -2.17. The maximum absolute atomic E-state index is 11.8. The topological polar surface area (TPSA) is 65.2 Å². The first-order valence-electron chi connectivity index (χ1n) is 6.54. The number of fused-ring (bicyclic) bond motifs is 1. The van der Waals surface area contributed by atoms with E-state index in [1.54, 1.807) is 31.3 Å². The van der Waals surface area contributed by atoms with Gasteiger partial charge in [0.15, 0.2) is 0 Å². The molecule has 1 amide bonds. The van der Waals surface area contributed by atoms with Crippen LogP contribution in [0.1, 0.15) is 18.5 Å². The first-order chi connectivity index (χ1) is 9.50. The van der Waals surface area contributed by atoms with Gasteiger partial charge in [-0.25, -0.2) is 0 Å². The molecule has 0 spiro atoms. The number of aromatic amines is 1. The van der Waals surface area contributed by atoms with Gasteiger partial charge in [0.05, 0.1) is 6.54 Å².